The van der Waals surface area contributed by atoms with E-state index in [1.165, 1.54) is 12.1 Å². The minimum Gasteiger partial charge on any atom is -0.295 e. The van der Waals surface area contributed by atoms with E-state index in [0.29, 0.717) is 11.4 Å². The van der Waals surface area contributed by atoms with Gasteiger partial charge < -0.3 is 0 Å². The van der Waals surface area contributed by atoms with Gasteiger partial charge in [0.25, 0.3) is 0 Å². The second kappa shape index (κ2) is 6.05. The third-order valence-corrected chi connectivity index (χ3v) is 5.32. The van der Waals surface area contributed by atoms with E-state index in [2.05, 4.69) is 22.0 Å². The van der Waals surface area contributed by atoms with Crippen LogP contribution in [0, 0.1) is 19.7 Å². The topological polar surface area (TPSA) is 20.3 Å². The van der Waals surface area contributed by atoms with Crippen molar-refractivity contribution in [3.05, 3.63) is 63.4 Å². The van der Waals surface area contributed by atoms with Gasteiger partial charge in [-0.25, -0.2) is 4.39 Å². The van der Waals surface area contributed by atoms with Crippen molar-refractivity contribution < 1.29 is 9.18 Å². The van der Waals surface area contributed by atoms with Gasteiger partial charge in [0.2, 0.25) is 5.91 Å². The molecule has 0 aliphatic carbocycles. The summed E-state index contributed by atoms with van der Waals surface area (Å²) < 4.78 is 14.6. The van der Waals surface area contributed by atoms with Crippen LogP contribution in [0.5, 0.6) is 0 Å². The first kappa shape index (κ1) is 15.6. The first-order valence-corrected chi connectivity index (χ1v) is 8.77. The summed E-state index contributed by atoms with van der Waals surface area (Å²) in [5.74, 6) is 0.0995. The van der Waals surface area contributed by atoms with Crippen molar-refractivity contribution in [3.63, 3.8) is 0 Å². The van der Waals surface area contributed by atoms with Crippen molar-refractivity contribution >= 4 is 39.3 Å². The van der Waals surface area contributed by atoms with E-state index in [9.17, 15) is 9.18 Å². The number of rotatable bonds is 2. The second-order valence-corrected chi connectivity index (χ2v) is 7.40. The molecule has 0 radical (unpaired) electrons. The first-order chi connectivity index (χ1) is 10.5. The molecule has 0 bridgehead atoms. The first-order valence-electron chi connectivity index (χ1n) is 6.92. The van der Waals surface area contributed by atoms with Crippen LogP contribution in [-0.2, 0) is 4.79 Å². The Morgan fingerprint density at radius 3 is 2.73 bits per heavy atom. The molecule has 1 aliphatic heterocycles. The molecule has 1 amide bonds. The summed E-state index contributed by atoms with van der Waals surface area (Å²) in [5, 5.41) is -0.121. The van der Waals surface area contributed by atoms with Crippen molar-refractivity contribution in [3.8, 4) is 0 Å². The normalized spacial score (nSPS) is 18.1. The van der Waals surface area contributed by atoms with E-state index >= 15 is 0 Å². The van der Waals surface area contributed by atoms with Crippen molar-refractivity contribution in [1.29, 1.82) is 0 Å². The lowest BCUT2D eigenvalue weighted by molar-refractivity contribution is -0.115. The van der Waals surface area contributed by atoms with E-state index in [0.717, 1.165) is 21.2 Å². The smallest absolute Gasteiger partial charge is 0.238 e. The van der Waals surface area contributed by atoms with Crippen LogP contribution in [0.2, 0.25) is 0 Å². The van der Waals surface area contributed by atoms with Crippen LogP contribution >= 0.6 is 27.7 Å². The molecule has 0 N–H and O–H groups in total. The molecule has 0 aromatic heterocycles. The summed E-state index contributed by atoms with van der Waals surface area (Å²) in [5.41, 5.74) is 3.72. The molecule has 1 unspecified atom stereocenters. The average molecular weight is 380 g/mol. The lowest BCUT2D eigenvalue weighted by atomic mass is 10.1. The SMILES string of the molecule is Cc1cc(Br)cc(C2SCC(=O)N2c2cc(F)ccc2C)c1. The average Bonchev–Trinajstić information content (AvgIpc) is 2.82. The van der Waals surface area contributed by atoms with Gasteiger partial charge in [-0.15, -0.1) is 11.8 Å². The number of carbonyl (C=O) groups is 1. The van der Waals surface area contributed by atoms with Crippen LogP contribution in [-0.4, -0.2) is 11.7 Å². The molecule has 2 aromatic carbocycles. The Kier molecular flexibility index (Phi) is 4.28. The van der Waals surface area contributed by atoms with Crippen LogP contribution in [0.15, 0.2) is 40.9 Å². The molecule has 1 aliphatic rings. The molecular weight excluding hydrogens is 365 g/mol. The molecule has 0 saturated carbocycles. The molecule has 2 aromatic rings. The van der Waals surface area contributed by atoms with Crippen LogP contribution in [0.4, 0.5) is 10.1 Å². The van der Waals surface area contributed by atoms with Gasteiger partial charge in [0.15, 0.2) is 0 Å². The summed E-state index contributed by atoms with van der Waals surface area (Å²) in [7, 11) is 0. The van der Waals surface area contributed by atoms with Crippen LogP contribution in [0.3, 0.4) is 0 Å². The summed E-state index contributed by atoms with van der Waals surface area (Å²) in [6.45, 7) is 3.92. The highest BCUT2D eigenvalue weighted by molar-refractivity contribution is 9.10. The highest BCUT2D eigenvalue weighted by atomic mass is 79.9. The van der Waals surface area contributed by atoms with Gasteiger partial charge in [0.05, 0.1) is 11.4 Å². The summed E-state index contributed by atoms with van der Waals surface area (Å²) in [4.78, 5) is 14.1. The zero-order valence-corrected chi connectivity index (χ0v) is 14.7. The van der Waals surface area contributed by atoms with E-state index in [1.54, 1.807) is 22.7 Å². The van der Waals surface area contributed by atoms with Gasteiger partial charge in [0.1, 0.15) is 11.2 Å². The van der Waals surface area contributed by atoms with Gasteiger partial charge in [-0.05, 0) is 54.8 Å². The number of anilines is 1. The van der Waals surface area contributed by atoms with E-state index in [-0.39, 0.29) is 17.1 Å². The predicted octanol–water partition coefficient (Wildman–Crippen LogP) is 4.98. The van der Waals surface area contributed by atoms with Gasteiger partial charge >= 0.3 is 0 Å². The van der Waals surface area contributed by atoms with Crippen molar-refractivity contribution in [2.24, 2.45) is 0 Å². The number of benzene rings is 2. The molecule has 1 fully saturated rings. The van der Waals surface area contributed by atoms with Crippen molar-refractivity contribution in [1.82, 2.24) is 0 Å². The monoisotopic (exact) mass is 379 g/mol. The molecule has 1 saturated heterocycles. The molecule has 2 nitrogen and oxygen atoms in total. The Morgan fingerprint density at radius 2 is 2.00 bits per heavy atom. The van der Waals surface area contributed by atoms with Crippen LogP contribution in [0.25, 0.3) is 0 Å². The molecule has 114 valence electrons. The van der Waals surface area contributed by atoms with Gasteiger partial charge in [-0.1, -0.05) is 28.1 Å². The molecule has 0 spiro atoms. The fourth-order valence-corrected chi connectivity index (χ4v) is 4.45. The molecule has 22 heavy (non-hydrogen) atoms. The number of amides is 1. The minimum absolute atomic E-state index is 0.0151. The zero-order valence-electron chi connectivity index (χ0n) is 12.3. The number of aryl methyl sites for hydroxylation is 2. The van der Waals surface area contributed by atoms with Crippen LogP contribution in [0.1, 0.15) is 22.1 Å². The maximum absolute atomic E-state index is 13.6. The molecule has 3 rings (SSSR count). The molecule has 1 atom stereocenters. The largest absolute Gasteiger partial charge is 0.295 e. The molecule has 5 heteroatoms. The third kappa shape index (κ3) is 2.92. The Morgan fingerprint density at radius 1 is 1.23 bits per heavy atom. The summed E-state index contributed by atoms with van der Waals surface area (Å²) in [6.07, 6.45) is 0. The quantitative estimate of drug-likeness (QED) is 0.732. The lowest BCUT2D eigenvalue weighted by Gasteiger charge is -2.26. The highest BCUT2D eigenvalue weighted by Gasteiger charge is 2.35. The number of thioether (sulfide) groups is 1. The van der Waals surface area contributed by atoms with Crippen molar-refractivity contribution in [2.45, 2.75) is 19.2 Å². The maximum Gasteiger partial charge on any atom is 0.238 e. The highest BCUT2D eigenvalue weighted by Crippen LogP contribution is 2.43. The van der Waals surface area contributed by atoms with Crippen LogP contribution < -0.4 is 4.90 Å². The Bertz CT molecular complexity index is 729. The lowest BCUT2D eigenvalue weighted by Crippen LogP contribution is -2.28. The fraction of sp³-hybridized carbons (Fsp3) is 0.235. The summed E-state index contributed by atoms with van der Waals surface area (Å²) in [6, 6.07) is 10.7. The van der Waals surface area contributed by atoms with E-state index < -0.39 is 0 Å². The Balaban J connectivity index is 2.08. The number of hydrogen-bond donors (Lipinski definition) is 0. The minimum atomic E-state index is -0.325. The Hall–Kier alpha value is -1.33. The van der Waals surface area contributed by atoms with Gasteiger partial charge in [-0.3, -0.25) is 9.69 Å². The van der Waals surface area contributed by atoms with Gasteiger partial charge in [-0.2, -0.15) is 0 Å². The Labute approximate surface area is 141 Å². The zero-order chi connectivity index (χ0) is 15.9. The maximum atomic E-state index is 13.6. The predicted molar refractivity (Wildman–Crippen MR) is 92.7 cm³/mol. The fourth-order valence-electron chi connectivity index (χ4n) is 2.68. The number of carbonyl (C=O) groups excluding carboxylic acids is 1. The van der Waals surface area contributed by atoms with Gasteiger partial charge in [0, 0.05) is 4.47 Å². The number of halogens is 2. The molecule has 1 heterocycles. The van der Waals surface area contributed by atoms with E-state index in [1.807, 2.05) is 26.0 Å². The third-order valence-electron chi connectivity index (χ3n) is 3.65. The van der Waals surface area contributed by atoms with E-state index in [4.69, 9.17) is 0 Å². The van der Waals surface area contributed by atoms with Crippen molar-refractivity contribution in [2.75, 3.05) is 10.7 Å². The standard InChI is InChI=1S/C17H15BrFNOS/c1-10-5-12(7-13(18)6-10)17-20(16(21)9-22-17)15-8-14(19)4-3-11(15)2/h3-8,17H,9H2,1-2H3. The second-order valence-electron chi connectivity index (χ2n) is 5.42. The molecular formula is C17H15BrFNOS. The summed E-state index contributed by atoms with van der Waals surface area (Å²) >= 11 is 5.08. The number of hydrogen-bond acceptors (Lipinski definition) is 2. The number of nitrogens with zero attached hydrogens (tertiary/aromatic N) is 1.